The molecule has 0 radical (unpaired) electrons. The van der Waals surface area contributed by atoms with E-state index in [0.29, 0.717) is 0 Å². The van der Waals surface area contributed by atoms with Gasteiger partial charge in [0, 0.05) is 14.1 Å². The molecule has 0 unspecified atom stereocenters. The van der Waals surface area contributed by atoms with Crippen molar-refractivity contribution in [2.24, 2.45) is 0 Å². The van der Waals surface area contributed by atoms with Crippen LogP contribution in [-0.4, -0.2) is 41.9 Å². The van der Waals surface area contributed by atoms with E-state index in [1.54, 1.807) is 14.9 Å². The minimum atomic E-state index is -2.03. The number of aromatic nitrogens is 2. The molecule has 0 atom stereocenters. The van der Waals surface area contributed by atoms with Crippen LogP contribution in [0.1, 0.15) is 0 Å². The van der Waals surface area contributed by atoms with Crippen molar-refractivity contribution in [3.8, 4) is 11.3 Å². The Hall–Kier alpha value is -1.53. The predicted molar refractivity (Wildman–Crippen MR) is 113 cm³/mol. The molecule has 2 aromatic carbocycles. The molecular weight excluding hydrogens is 433 g/mol. The van der Waals surface area contributed by atoms with Crippen molar-refractivity contribution >= 4 is 54.2 Å². The predicted octanol–water partition coefficient (Wildman–Crippen LogP) is 4.83. The number of nitrogens with zero attached hydrogens (tertiary/aromatic N) is 3. The van der Waals surface area contributed by atoms with Crippen LogP contribution in [0.4, 0.5) is 5.69 Å². The first kappa shape index (κ1) is 16.9. The van der Waals surface area contributed by atoms with E-state index in [0.717, 1.165) is 16.2 Å². The van der Waals surface area contributed by atoms with Crippen molar-refractivity contribution in [1.29, 1.82) is 0 Å². The van der Waals surface area contributed by atoms with Crippen molar-refractivity contribution in [2.45, 2.75) is 14.8 Å². The van der Waals surface area contributed by atoms with Crippen LogP contribution in [0, 0.1) is 0 Å². The van der Waals surface area contributed by atoms with Gasteiger partial charge in [0.1, 0.15) is 0 Å². The van der Waals surface area contributed by atoms with Gasteiger partial charge in [0.15, 0.2) is 0 Å². The number of anilines is 1. The van der Waals surface area contributed by atoms with Crippen molar-refractivity contribution in [2.75, 3.05) is 19.0 Å². The van der Waals surface area contributed by atoms with Gasteiger partial charge in [0.05, 0.1) is 0 Å². The molecule has 2 aromatic heterocycles. The fraction of sp³-hybridized carbons (Fsp3) is 0.250. The van der Waals surface area contributed by atoms with E-state index in [2.05, 4.69) is 86.9 Å². The number of hydrogen-bond acceptors (Lipinski definition) is 3. The Bertz CT molecular complexity index is 1050. The zero-order valence-electron chi connectivity index (χ0n) is 15.4. The minimum absolute atomic E-state index is 1.04. The summed E-state index contributed by atoms with van der Waals surface area (Å²) >= 11 is -0.234. The van der Waals surface area contributed by atoms with Gasteiger partial charge in [-0.1, -0.05) is 0 Å². The molecule has 3 nitrogen and oxygen atoms in total. The van der Waals surface area contributed by atoms with E-state index >= 15 is 0 Å². The maximum absolute atomic E-state index is 4.87. The molecule has 0 saturated carbocycles. The second kappa shape index (κ2) is 6.02. The average Bonchev–Trinajstić information content (AvgIpc) is 3.11. The first-order valence-electron chi connectivity index (χ1n) is 8.53. The normalized spacial score (nSPS) is 12.2. The molecule has 5 heteroatoms. The van der Waals surface area contributed by atoms with Gasteiger partial charge < -0.3 is 0 Å². The van der Waals surface area contributed by atoms with Gasteiger partial charge in [-0.25, -0.2) is 0 Å². The van der Waals surface area contributed by atoms with Crippen LogP contribution in [0.5, 0.6) is 0 Å². The number of hydrogen-bond donors (Lipinski definition) is 0. The molecule has 4 rings (SSSR count). The van der Waals surface area contributed by atoms with Crippen LogP contribution in [0.3, 0.4) is 0 Å². The molecule has 2 heterocycles. The number of imidazole rings is 1. The monoisotopic (exact) mass is 457 g/mol. The van der Waals surface area contributed by atoms with Crippen LogP contribution in [0.25, 0.3) is 26.4 Å². The molecule has 0 aliphatic heterocycles. The third-order valence-corrected chi connectivity index (χ3v) is 11.5. The third-order valence-electron chi connectivity index (χ3n) is 4.64. The van der Waals surface area contributed by atoms with E-state index in [4.69, 9.17) is 4.98 Å². The van der Waals surface area contributed by atoms with Gasteiger partial charge in [0.2, 0.25) is 0 Å². The van der Waals surface area contributed by atoms with E-state index in [1.165, 1.54) is 15.9 Å². The Balaban J connectivity index is 1.78. The molecular formula is C20H23N3SSn. The Labute approximate surface area is 156 Å². The number of benzene rings is 2. The molecule has 128 valence electrons. The van der Waals surface area contributed by atoms with E-state index in [1.807, 2.05) is 0 Å². The molecule has 0 N–H and O–H groups in total. The summed E-state index contributed by atoms with van der Waals surface area (Å²) in [5.41, 5.74) is 4.67. The summed E-state index contributed by atoms with van der Waals surface area (Å²) in [5.74, 6) is 0. The molecule has 4 aromatic rings. The average molecular weight is 456 g/mol. The molecule has 0 spiro atoms. The Kier molecular flexibility index (Phi) is 4.07. The van der Waals surface area contributed by atoms with Crippen LogP contribution < -0.4 is 8.48 Å². The summed E-state index contributed by atoms with van der Waals surface area (Å²) < 4.78 is 5.16. The summed E-state index contributed by atoms with van der Waals surface area (Å²) in [5, 5.41) is 0. The first-order chi connectivity index (χ1) is 11.8. The molecule has 0 amide bonds. The van der Waals surface area contributed by atoms with E-state index in [-0.39, 0.29) is 0 Å². The van der Waals surface area contributed by atoms with Gasteiger partial charge in [-0.15, -0.1) is 0 Å². The molecule has 0 bridgehead atoms. The van der Waals surface area contributed by atoms with Crippen LogP contribution in [-0.2, 0) is 0 Å². The topological polar surface area (TPSA) is 20.5 Å². The molecule has 25 heavy (non-hydrogen) atoms. The Morgan fingerprint density at radius 1 is 1.00 bits per heavy atom. The Morgan fingerprint density at radius 2 is 1.72 bits per heavy atom. The maximum atomic E-state index is 4.87. The molecule has 0 aliphatic carbocycles. The van der Waals surface area contributed by atoms with Gasteiger partial charge in [-0.2, -0.15) is 0 Å². The third kappa shape index (κ3) is 3.06. The number of thiazole rings is 1. The summed E-state index contributed by atoms with van der Waals surface area (Å²) in [6.45, 7) is 0. The quantitative estimate of drug-likeness (QED) is 0.412. The van der Waals surface area contributed by atoms with Crippen molar-refractivity contribution in [3.63, 3.8) is 0 Å². The van der Waals surface area contributed by atoms with E-state index in [9.17, 15) is 0 Å². The SMILES string of the molecule is CN(C)c1ccc(-c2cn3c(n2)sc2c[c]([Sn]([CH3])([CH3])[CH3])ccc23)cc1. The van der Waals surface area contributed by atoms with Gasteiger partial charge in [-0.3, -0.25) is 0 Å². The zero-order valence-corrected chi connectivity index (χ0v) is 19.0. The van der Waals surface area contributed by atoms with Crippen molar-refractivity contribution < 1.29 is 0 Å². The van der Waals surface area contributed by atoms with Crippen molar-refractivity contribution in [1.82, 2.24) is 9.38 Å². The molecule has 0 fully saturated rings. The standard InChI is InChI=1S/C17H14N3S.3CH3.Sn/c1-19(2)13-9-7-12(8-10-13)14-11-20-15-5-3-4-6-16(15)21-17(20)18-14;;;;/h3,5-11H,1-2H3;3*1H3;. The van der Waals surface area contributed by atoms with Gasteiger partial charge in [0.25, 0.3) is 0 Å². The zero-order chi connectivity index (χ0) is 17.8. The fourth-order valence-electron chi connectivity index (χ4n) is 3.04. The summed E-state index contributed by atoms with van der Waals surface area (Å²) in [7, 11) is 4.12. The van der Waals surface area contributed by atoms with E-state index < -0.39 is 18.4 Å². The van der Waals surface area contributed by atoms with Gasteiger partial charge >= 0.3 is 143 Å². The molecule has 0 saturated heterocycles. The Morgan fingerprint density at radius 3 is 2.36 bits per heavy atom. The van der Waals surface area contributed by atoms with Crippen LogP contribution >= 0.6 is 11.3 Å². The number of rotatable bonds is 3. The van der Waals surface area contributed by atoms with Crippen LogP contribution in [0.15, 0.2) is 48.7 Å². The second-order valence-corrected chi connectivity index (χ2v) is 23.3. The number of fused-ring (bicyclic) bond motifs is 3. The van der Waals surface area contributed by atoms with Crippen LogP contribution in [0.2, 0.25) is 14.8 Å². The second-order valence-electron chi connectivity index (χ2n) is 7.75. The summed E-state index contributed by atoms with van der Waals surface area (Å²) in [4.78, 5) is 15.4. The summed E-state index contributed by atoms with van der Waals surface area (Å²) in [6.07, 6.45) is 2.17. The summed E-state index contributed by atoms with van der Waals surface area (Å²) in [6, 6.07) is 15.6. The first-order valence-corrected chi connectivity index (χ1v) is 19.3. The van der Waals surface area contributed by atoms with Gasteiger partial charge in [-0.05, 0) is 0 Å². The van der Waals surface area contributed by atoms with Crippen molar-refractivity contribution in [3.05, 3.63) is 48.7 Å². The fourth-order valence-corrected chi connectivity index (χ4v) is 7.70. The molecule has 0 aliphatic rings.